The first-order valence-electron chi connectivity index (χ1n) is 8.66. The van der Waals surface area contributed by atoms with Crippen LogP contribution in [0.1, 0.15) is 46.7 Å². The Bertz CT molecular complexity index is 992. The molecule has 6 heteroatoms. The first kappa shape index (κ1) is 17.4. The fourth-order valence-corrected chi connectivity index (χ4v) is 5.22. The largest absolute Gasteiger partial charge is 0.276 e. The van der Waals surface area contributed by atoms with Gasteiger partial charge in [0.2, 0.25) is 0 Å². The average molecular weight is 388 g/mol. The molecule has 26 heavy (non-hydrogen) atoms. The van der Waals surface area contributed by atoms with Gasteiger partial charge in [0.25, 0.3) is 5.91 Å². The second-order valence-electron chi connectivity index (χ2n) is 6.84. The van der Waals surface area contributed by atoms with Crippen LogP contribution in [-0.4, -0.2) is 25.8 Å². The van der Waals surface area contributed by atoms with Gasteiger partial charge < -0.3 is 0 Å². The van der Waals surface area contributed by atoms with E-state index in [9.17, 15) is 13.2 Å². The summed E-state index contributed by atoms with van der Waals surface area (Å²) in [5.74, 6) is -0.247. The Labute approximate surface area is 157 Å². The number of aryl methyl sites for hydroxylation is 1. The molecule has 134 valence electrons. The Morgan fingerprint density at radius 3 is 2.50 bits per heavy atom. The fraction of sp³-hybridized carbons (Fsp3) is 0.300. The van der Waals surface area contributed by atoms with Crippen LogP contribution in [0.2, 0.25) is 5.02 Å². The highest BCUT2D eigenvalue weighted by Gasteiger charge is 2.36. The van der Waals surface area contributed by atoms with Crippen molar-refractivity contribution in [1.82, 2.24) is 0 Å². The lowest BCUT2D eigenvalue weighted by atomic mass is 10.0. The number of hydrogen-bond acceptors (Lipinski definition) is 3. The van der Waals surface area contributed by atoms with Crippen molar-refractivity contribution in [2.45, 2.75) is 41.7 Å². The van der Waals surface area contributed by atoms with E-state index in [1.165, 1.54) is 29.8 Å². The molecule has 0 spiro atoms. The van der Waals surface area contributed by atoms with Gasteiger partial charge in [0, 0.05) is 22.7 Å². The predicted octanol–water partition coefficient (Wildman–Crippen LogP) is 4.22. The number of nitrogens with zero attached hydrogens (tertiary/aromatic N) is 1. The quantitative estimate of drug-likeness (QED) is 0.738. The molecule has 0 N–H and O–H groups in total. The summed E-state index contributed by atoms with van der Waals surface area (Å²) < 4.78 is 24.4. The van der Waals surface area contributed by atoms with Gasteiger partial charge in [0.1, 0.15) is 0 Å². The molecule has 2 aliphatic rings. The highest BCUT2D eigenvalue weighted by atomic mass is 35.5. The van der Waals surface area contributed by atoms with Crippen LogP contribution < -0.4 is 0 Å². The van der Waals surface area contributed by atoms with Crippen LogP contribution >= 0.6 is 11.6 Å². The number of benzene rings is 2. The summed E-state index contributed by atoms with van der Waals surface area (Å²) in [5, 5.41) is 0.469. The Hall–Kier alpha value is -1.98. The van der Waals surface area contributed by atoms with Crippen molar-refractivity contribution in [3.63, 3.8) is 0 Å². The summed E-state index contributed by atoms with van der Waals surface area (Å²) in [5.41, 5.74) is 2.76. The van der Waals surface area contributed by atoms with Crippen LogP contribution in [0, 0.1) is 0 Å². The number of carbonyl (C=O) groups excluding carboxylic acids is 1. The number of carbonyl (C=O) groups is 1. The lowest BCUT2D eigenvalue weighted by Gasteiger charge is -2.05. The van der Waals surface area contributed by atoms with Crippen LogP contribution in [0.4, 0.5) is 0 Å². The van der Waals surface area contributed by atoms with Gasteiger partial charge in [0.15, 0.2) is 9.84 Å². The molecule has 1 atom stereocenters. The number of halogens is 1. The second kappa shape index (κ2) is 6.63. The molecular formula is C20H18ClNO3S. The molecule has 1 unspecified atom stereocenters. The van der Waals surface area contributed by atoms with Gasteiger partial charge in [0.05, 0.1) is 10.1 Å². The van der Waals surface area contributed by atoms with Crippen molar-refractivity contribution in [3.05, 3.63) is 64.2 Å². The van der Waals surface area contributed by atoms with E-state index < -0.39 is 9.84 Å². The third-order valence-electron chi connectivity index (χ3n) is 4.99. The van der Waals surface area contributed by atoms with Gasteiger partial charge in [-0.2, -0.15) is 0 Å². The number of hydrogen-bond donors (Lipinski definition) is 0. The summed E-state index contributed by atoms with van der Waals surface area (Å²) in [6, 6.07) is 11.9. The number of sulfone groups is 1. The van der Waals surface area contributed by atoms with E-state index in [4.69, 9.17) is 11.6 Å². The van der Waals surface area contributed by atoms with E-state index in [-0.39, 0.29) is 22.0 Å². The molecule has 4 nitrogen and oxygen atoms in total. The molecule has 0 aromatic heterocycles. The Balaban J connectivity index is 1.48. The highest BCUT2D eigenvalue weighted by molar-refractivity contribution is 7.92. The minimum Gasteiger partial charge on any atom is -0.267 e. The van der Waals surface area contributed by atoms with E-state index in [0.29, 0.717) is 5.56 Å². The zero-order chi connectivity index (χ0) is 18.3. The van der Waals surface area contributed by atoms with Gasteiger partial charge in [-0.15, -0.1) is 0 Å². The Morgan fingerprint density at radius 1 is 1.08 bits per heavy atom. The molecule has 2 aliphatic carbocycles. The van der Waals surface area contributed by atoms with E-state index in [2.05, 4.69) is 4.99 Å². The normalized spacial score (nSPS) is 19.7. The van der Waals surface area contributed by atoms with Crippen molar-refractivity contribution in [1.29, 1.82) is 0 Å². The van der Waals surface area contributed by atoms with Crippen molar-refractivity contribution in [2.75, 3.05) is 0 Å². The lowest BCUT2D eigenvalue weighted by Crippen LogP contribution is -2.07. The van der Waals surface area contributed by atoms with Gasteiger partial charge in [-0.05, 0) is 73.2 Å². The summed E-state index contributed by atoms with van der Waals surface area (Å²) in [6.07, 6.45) is 4.97. The highest BCUT2D eigenvalue weighted by Crippen LogP contribution is 2.34. The van der Waals surface area contributed by atoms with E-state index in [1.54, 1.807) is 6.21 Å². The van der Waals surface area contributed by atoms with Gasteiger partial charge in [-0.25, -0.2) is 13.4 Å². The number of rotatable bonds is 4. The Morgan fingerprint density at radius 2 is 1.81 bits per heavy atom. The van der Waals surface area contributed by atoms with Crippen molar-refractivity contribution in [3.8, 4) is 0 Å². The van der Waals surface area contributed by atoms with Crippen LogP contribution in [0.15, 0.2) is 52.4 Å². The predicted molar refractivity (Wildman–Crippen MR) is 102 cm³/mol. The molecule has 0 bridgehead atoms. The number of amides is 1. The summed E-state index contributed by atoms with van der Waals surface area (Å²) in [7, 11) is -3.23. The van der Waals surface area contributed by atoms with Gasteiger partial charge in [-0.1, -0.05) is 17.7 Å². The molecule has 2 aromatic rings. The average Bonchev–Trinajstić information content (AvgIpc) is 3.42. The molecule has 1 saturated carbocycles. The smallest absolute Gasteiger partial charge is 0.267 e. The SMILES string of the molecule is O=C(/N=C/C1CCc2cc(Cl)ccc21)c1ccc(S(=O)(=O)C2CC2)cc1. The first-order valence-corrected chi connectivity index (χ1v) is 10.6. The van der Waals surface area contributed by atoms with Crippen LogP contribution in [-0.2, 0) is 16.3 Å². The zero-order valence-electron chi connectivity index (χ0n) is 14.1. The van der Waals surface area contributed by atoms with E-state index in [1.807, 2.05) is 18.2 Å². The second-order valence-corrected chi connectivity index (χ2v) is 9.50. The minimum absolute atomic E-state index is 0.112. The molecule has 1 fully saturated rings. The molecule has 0 saturated heterocycles. The molecule has 0 radical (unpaired) electrons. The van der Waals surface area contributed by atoms with Crippen molar-refractivity contribution in [2.24, 2.45) is 4.99 Å². The van der Waals surface area contributed by atoms with Crippen LogP contribution in [0.25, 0.3) is 0 Å². The summed E-state index contributed by atoms with van der Waals surface area (Å²) in [6.45, 7) is 0. The Kier molecular flexibility index (Phi) is 4.45. The summed E-state index contributed by atoms with van der Waals surface area (Å²) in [4.78, 5) is 16.7. The molecule has 0 heterocycles. The van der Waals surface area contributed by atoms with Gasteiger partial charge >= 0.3 is 0 Å². The third-order valence-corrected chi connectivity index (χ3v) is 7.51. The van der Waals surface area contributed by atoms with Crippen molar-refractivity contribution >= 4 is 33.6 Å². The van der Waals surface area contributed by atoms with Gasteiger partial charge in [-0.3, -0.25) is 4.79 Å². The number of fused-ring (bicyclic) bond motifs is 1. The standard InChI is InChI=1S/C20H18ClNO3S/c21-16-5-10-19-14(11-16)1-2-15(19)12-22-20(23)13-3-6-17(7-4-13)26(24,25)18-8-9-18/h3-7,10-12,15,18H,1-2,8-9H2/b22-12+. The number of aliphatic imine (C=N–C) groups is 1. The fourth-order valence-electron chi connectivity index (χ4n) is 3.36. The monoisotopic (exact) mass is 387 g/mol. The maximum Gasteiger partial charge on any atom is 0.276 e. The van der Waals surface area contributed by atoms with Crippen LogP contribution in [0.3, 0.4) is 0 Å². The lowest BCUT2D eigenvalue weighted by molar-refractivity contribution is 0.100. The molecule has 2 aromatic carbocycles. The molecule has 0 aliphatic heterocycles. The van der Waals surface area contributed by atoms with E-state index >= 15 is 0 Å². The summed E-state index contributed by atoms with van der Waals surface area (Å²) >= 11 is 6.02. The first-order chi connectivity index (χ1) is 12.4. The minimum atomic E-state index is -3.23. The van der Waals surface area contributed by atoms with E-state index in [0.717, 1.165) is 36.3 Å². The molecule has 1 amide bonds. The maximum atomic E-state index is 12.3. The van der Waals surface area contributed by atoms with Crippen molar-refractivity contribution < 1.29 is 13.2 Å². The third kappa shape index (κ3) is 3.33. The maximum absolute atomic E-state index is 12.3. The zero-order valence-corrected chi connectivity index (χ0v) is 15.6. The topological polar surface area (TPSA) is 63.6 Å². The molecular weight excluding hydrogens is 370 g/mol. The molecule has 4 rings (SSSR count). The van der Waals surface area contributed by atoms with Crippen LogP contribution in [0.5, 0.6) is 0 Å².